The maximum atomic E-state index is 14.4. The van der Waals surface area contributed by atoms with Crippen molar-refractivity contribution in [3.8, 4) is 5.75 Å². The van der Waals surface area contributed by atoms with E-state index >= 15 is 0 Å². The summed E-state index contributed by atoms with van der Waals surface area (Å²) >= 11 is 0. The smallest absolute Gasteiger partial charge is 0.257 e. The first-order chi connectivity index (χ1) is 11.1. The van der Waals surface area contributed by atoms with Gasteiger partial charge < -0.3 is 18.8 Å². The van der Waals surface area contributed by atoms with E-state index in [-0.39, 0.29) is 23.8 Å². The fourth-order valence-corrected chi connectivity index (χ4v) is 2.49. The molecule has 0 spiro atoms. The van der Waals surface area contributed by atoms with Crippen molar-refractivity contribution in [3.63, 3.8) is 0 Å². The number of hydrogen-bond donors (Lipinski definition) is 0. The van der Waals surface area contributed by atoms with Crippen molar-refractivity contribution in [3.05, 3.63) is 41.4 Å². The number of hydrogen-bond acceptors (Lipinski definition) is 6. The van der Waals surface area contributed by atoms with Crippen LogP contribution < -0.4 is 4.74 Å². The number of morpholine rings is 1. The lowest BCUT2D eigenvalue weighted by Crippen LogP contribution is -2.43. The predicted octanol–water partition coefficient (Wildman–Crippen LogP) is 1.74. The van der Waals surface area contributed by atoms with Gasteiger partial charge in [-0.25, -0.2) is 4.39 Å². The number of ether oxygens (including phenoxy) is 2. The summed E-state index contributed by atoms with van der Waals surface area (Å²) in [5.41, 5.74) is -0.0625. The summed E-state index contributed by atoms with van der Waals surface area (Å²) in [6, 6.07) is 3.92. The summed E-state index contributed by atoms with van der Waals surface area (Å²) in [6.07, 6.45) is 0. The lowest BCUT2D eigenvalue weighted by Gasteiger charge is -2.33. The Morgan fingerprint density at radius 3 is 2.96 bits per heavy atom. The SMILES string of the molecule is COc1cccc(C(=O)N2CCOC[C@@H]2c2nnc(C)o2)c1F. The van der Waals surface area contributed by atoms with E-state index in [0.29, 0.717) is 19.0 Å². The van der Waals surface area contributed by atoms with Crippen LogP contribution in [0.25, 0.3) is 0 Å². The molecule has 7 nitrogen and oxygen atoms in total. The molecule has 1 aliphatic rings. The van der Waals surface area contributed by atoms with E-state index in [2.05, 4.69) is 10.2 Å². The molecule has 1 saturated heterocycles. The first-order valence-electron chi connectivity index (χ1n) is 7.13. The van der Waals surface area contributed by atoms with Crippen molar-refractivity contribution in [1.82, 2.24) is 15.1 Å². The van der Waals surface area contributed by atoms with Gasteiger partial charge in [0, 0.05) is 13.5 Å². The second-order valence-electron chi connectivity index (χ2n) is 5.07. The Labute approximate surface area is 132 Å². The van der Waals surface area contributed by atoms with E-state index in [1.54, 1.807) is 13.0 Å². The third kappa shape index (κ3) is 2.89. The minimum atomic E-state index is -0.688. The number of halogens is 1. The predicted molar refractivity (Wildman–Crippen MR) is 76.6 cm³/mol. The third-order valence-electron chi connectivity index (χ3n) is 3.63. The highest BCUT2D eigenvalue weighted by molar-refractivity contribution is 5.95. The van der Waals surface area contributed by atoms with Crippen LogP contribution in [0.5, 0.6) is 5.75 Å². The van der Waals surface area contributed by atoms with Crippen LogP contribution >= 0.6 is 0 Å². The van der Waals surface area contributed by atoms with Crippen LogP contribution in [0.2, 0.25) is 0 Å². The lowest BCUT2D eigenvalue weighted by molar-refractivity contribution is -0.0109. The van der Waals surface area contributed by atoms with Gasteiger partial charge in [0.05, 0.1) is 25.9 Å². The van der Waals surface area contributed by atoms with Gasteiger partial charge in [0.1, 0.15) is 6.04 Å². The van der Waals surface area contributed by atoms with Crippen LogP contribution in [0.4, 0.5) is 4.39 Å². The summed E-state index contributed by atoms with van der Waals surface area (Å²) in [5, 5.41) is 7.71. The summed E-state index contributed by atoms with van der Waals surface area (Å²) in [5.74, 6) is -0.462. The Morgan fingerprint density at radius 1 is 1.43 bits per heavy atom. The third-order valence-corrected chi connectivity index (χ3v) is 3.63. The van der Waals surface area contributed by atoms with Crippen molar-refractivity contribution in [2.24, 2.45) is 0 Å². The normalized spacial score (nSPS) is 18.0. The molecule has 0 radical (unpaired) electrons. The minimum Gasteiger partial charge on any atom is -0.494 e. The molecular weight excluding hydrogens is 305 g/mol. The van der Waals surface area contributed by atoms with Crippen molar-refractivity contribution < 1.29 is 23.1 Å². The van der Waals surface area contributed by atoms with Gasteiger partial charge in [-0.3, -0.25) is 4.79 Å². The number of amides is 1. The number of aromatic nitrogens is 2. The molecule has 0 unspecified atom stereocenters. The molecule has 1 atom stereocenters. The average Bonchev–Trinajstić information content (AvgIpc) is 3.01. The van der Waals surface area contributed by atoms with Gasteiger partial charge in [0.25, 0.3) is 5.91 Å². The van der Waals surface area contributed by atoms with Crippen molar-refractivity contribution in [1.29, 1.82) is 0 Å². The first-order valence-corrected chi connectivity index (χ1v) is 7.13. The molecule has 1 aliphatic heterocycles. The summed E-state index contributed by atoms with van der Waals surface area (Å²) < 4.78 is 30.1. The van der Waals surface area contributed by atoms with E-state index in [1.807, 2.05) is 0 Å². The van der Waals surface area contributed by atoms with Gasteiger partial charge >= 0.3 is 0 Å². The zero-order valence-electron chi connectivity index (χ0n) is 12.8. The monoisotopic (exact) mass is 321 g/mol. The largest absolute Gasteiger partial charge is 0.494 e. The second kappa shape index (κ2) is 6.33. The van der Waals surface area contributed by atoms with Crippen LogP contribution in [0.15, 0.2) is 22.6 Å². The van der Waals surface area contributed by atoms with Gasteiger partial charge in [0.15, 0.2) is 11.6 Å². The summed E-state index contributed by atoms with van der Waals surface area (Å²) in [6.45, 7) is 2.55. The van der Waals surface area contributed by atoms with Gasteiger partial charge in [-0.15, -0.1) is 10.2 Å². The molecule has 8 heteroatoms. The topological polar surface area (TPSA) is 77.7 Å². The zero-order valence-corrected chi connectivity index (χ0v) is 12.8. The quantitative estimate of drug-likeness (QED) is 0.857. The Kier molecular flexibility index (Phi) is 4.24. The van der Waals surface area contributed by atoms with Crippen LogP contribution in [-0.4, -0.2) is 47.9 Å². The van der Waals surface area contributed by atoms with E-state index < -0.39 is 17.8 Å². The van der Waals surface area contributed by atoms with Crippen molar-refractivity contribution in [2.45, 2.75) is 13.0 Å². The van der Waals surface area contributed by atoms with Crippen LogP contribution in [0, 0.1) is 12.7 Å². The first kappa shape index (κ1) is 15.4. The maximum Gasteiger partial charge on any atom is 0.257 e. The lowest BCUT2D eigenvalue weighted by atomic mass is 10.1. The highest BCUT2D eigenvalue weighted by Gasteiger charge is 2.34. The fraction of sp³-hybridized carbons (Fsp3) is 0.400. The molecule has 1 amide bonds. The highest BCUT2D eigenvalue weighted by Crippen LogP contribution is 2.27. The number of benzene rings is 1. The molecule has 3 rings (SSSR count). The van der Waals surface area contributed by atoms with E-state index in [9.17, 15) is 9.18 Å². The van der Waals surface area contributed by atoms with Crippen molar-refractivity contribution in [2.75, 3.05) is 26.9 Å². The number of rotatable bonds is 3. The molecule has 0 N–H and O–H groups in total. The molecular formula is C15H16FN3O4. The maximum absolute atomic E-state index is 14.4. The molecule has 2 aromatic rings. The summed E-state index contributed by atoms with van der Waals surface area (Å²) in [7, 11) is 1.35. The van der Waals surface area contributed by atoms with Crippen LogP contribution in [0.3, 0.4) is 0 Å². The van der Waals surface area contributed by atoms with Crippen molar-refractivity contribution >= 4 is 5.91 Å². The molecule has 0 saturated carbocycles. The molecule has 0 bridgehead atoms. The second-order valence-corrected chi connectivity index (χ2v) is 5.07. The number of nitrogens with zero attached hydrogens (tertiary/aromatic N) is 3. The standard InChI is InChI=1S/C15H16FN3O4/c1-9-17-18-14(23-9)11-8-22-7-6-19(11)15(20)10-4-3-5-12(21-2)13(10)16/h3-5,11H,6-8H2,1-2H3/t11-/m1/s1. The number of carbonyl (C=O) groups is 1. The van der Waals surface area contributed by atoms with Crippen LogP contribution in [-0.2, 0) is 4.74 Å². The van der Waals surface area contributed by atoms with Gasteiger partial charge in [0.2, 0.25) is 11.8 Å². The molecule has 1 aromatic carbocycles. The highest BCUT2D eigenvalue weighted by atomic mass is 19.1. The Balaban J connectivity index is 1.93. The Bertz CT molecular complexity index is 718. The average molecular weight is 321 g/mol. The van der Waals surface area contributed by atoms with Crippen LogP contribution in [0.1, 0.15) is 28.2 Å². The minimum absolute atomic E-state index is 0.0225. The van der Waals surface area contributed by atoms with Gasteiger partial charge in [-0.1, -0.05) is 6.07 Å². The van der Waals surface area contributed by atoms with Gasteiger partial charge in [-0.05, 0) is 12.1 Å². The van der Waals surface area contributed by atoms with E-state index in [0.717, 1.165) is 0 Å². The molecule has 122 valence electrons. The van der Waals surface area contributed by atoms with Gasteiger partial charge in [-0.2, -0.15) is 0 Å². The molecule has 23 heavy (non-hydrogen) atoms. The van der Waals surface area contributed by atoms with E-state index in [4.69, 9.17) is 13.9 Å². The Hall–Kier alpha value is -2.48. The number of methoxy groups -OCH3 is 1. The fourth-order valence-electron chi connectivity index (χ4n) is 2.49. The molecule has 1 fully saturated rings. The summed E-state index contributed by atoms with van der Waals surface area (Å²) in [4.78, 5) is 14.2. The molecule has 0 aliphatic carbocycles. The van der Waals surface area contributed by atoms with E-state index in [1.165, 1.54) is 24.1 Å². The molecule has 1 aromatic heterocycles. The number of aryl methyl sites for hydroxylation is 1. The number of carbonyl (C=O) groups excluding carboxylic acids is 1. The molecule has 2 heterocycles. The Morgan fingerprint density at radius 2 is 2.26 bits per heavy atom. The zero-order chi connectivity index (χ0) is 16.4.